The van der Waals surface area contributed by atoms with Crippen molar-refractivity contribution in [1.29, 1.82) is 0 Å². The number of nitrogens with zero attached hydrogens (tertiary/aromatic N) is 4. The third-order valence-electron chi connectivity index (χ3n) is 6.82. The monoisotopic (exact) mass is 398 g/mol. The van der Waals surface area contributed by atoms with Crippen LogP contribution in [-0.2, 0) is 23.4 Å². The van der Waals surface area contributed by atoms with E-state index in [1.807, 2.05) is 4.90 Å². The minimum Gasteiger partial charge on any atom is -0.356 e. The summed E-state index contributed by atoms with van der Waals surface area (Å²) in [6.45, 7) is 4.34. The molecule has 9 heteroatoms. The van der Waals surface area contributed by atoms with Crippen LogP contribution in [0, 0.1) is 17.8 Å². The fraction of sp³-hybridized carbons (Fsp3) is 0.778. The first kappa shape index (κ1) is 17.7. The van der Waals surface area contributed by atoms with Gasteiger partial charge in [-0.1, -0.05) is 0 Å². The predicted octanol–water partition coefficient (Wildman–Crippen LogP) is 2.41. The van der Waals surface area contributed by atoms with Gasteiger partial charge in [-0.15, -0.1) is 0 Å². The van der Waals surface area contributed by atoms with Crippen molar-refractivity contribution in [3.8, 4) is 0 Å². The van der Waals surface area contributed by atoms with Crippen molar-refractivity contribution in [3.63, 3.8) is 0 Å². The molecule has 2 saturated heterocycles. The van der Waals surface area contributed by atoms with Gasteiger partial charge >= 0.3 is 0 Å². The largest absolute Gasteiger partial charge is 0.356 e. The number of piperidine rings is 1. The number of halogens is 2. The quantitative estimate of drug-likeness (QED) is 0.786. The van der Waals surface area contributed by atoms with Gasteiger partial charge in [-0.05, 0) is 43.9 Å². The summed E-state index contributed by atoms with van der Waals surface area (Å²) in [5.41, 5.74) is 0.521. The van der Waals surface area contributed by atoms with Crippen LogP contribution in [0.15, 0.2) is 0 Å². The van der Waals surface area contributed by atoms with E-state index in [1.54, 1.807) is 0 Å². The van der Waals surface area contributed by atoms with Gasteiger partial charge in [-0.25, -0.2) is 9.19 Å². The van der Waals surface area contributed by atoms with Gasteiger partial charge in [0, 0.05) is 37.7 Å². The van der Waals surface area contributed by atoms with E-state index >= 15 is 0 Å². The molecule has 5 rings (SSSR count). The smallest absolute Gasteiger partial charge is 0.290 e. The number of rotatable bonds is 4. The summed E-state index contributed by atoms with van der Waals surface area (Å²) in [5, 5.41) is 0. The SMILES string of the molecule is CC1CCN1c1nc(N2C[C@@H]3C(CS(=O)O)[C@@H]3C2)c2c(n1)C(F)(F)CCC2. The number of fused-ring (bicyclic) bond motifs is 2. The minimum atomic E-state index is -2.90. The second-order valence-electron chi connectivity index (χ2n) is 8.45. The standard InChI is InChI=1S/C18H24F2N4O2S/c1-10-4-6-24(10)17-21-15-11(3-2-5-18(15,19)20)16(22-17)23-7-12-13(8-23)14(12)9-27(25)26/h10,12-14H,2-9H2,1H3,(H,25,26)/t10?,12-,13+,14?. The Morgan fingerprint density at radius 1 is 1.30 bits per heavy atom. The maximum absolute atomic E-state index is 14.6. The van der Waals surface area contributed by atoms with E-state index in [9.17, 15) is 13.0 Å². The molecule has 27 heavy (non-hydrogen) atoms. The molecule has 1 N–H and O–H groups in total. The lowest BCUT2D eigenvalue weighted by atomic mass is 9.92. The number of hydrogen-bond donors (Lipinski definition) is 1. The average molecular weight is 398 g/mol. The summed E-state index contributed by atoms with van der Waals surface area (Å²) in [6.07, 6.45) is 1.91. The van der Waals surface area contributed by atoms with Crippen LogP contribution in [0.25, 0.3) is 0 Å². The Bertz CT molecular complexity index is 796. The number of alkyl halides is 2. The third-order valence-corrected chi connectivity index (χ3v) is 7.49. The minimum absolute atomic E-state index is 0.0820. The summed E-state index contributed by atoms with van der Waals surface area (Å²) in [4.78, 5) is 13.2. The Morgan fingerprint density at radius 2 is 2.04 bits per heavy atom. The summed E-state index contributed by atoms with van der Waals surface area (Å²) < 4.78 is 49.5. The van der Waals surface area contributed by atoms with E-state index < -0.39 is 17.0 Å². The average Bonchev–Trinajstić information content (AvgIpc) is 3.03. The van der Waals surface area contributed by atoms with Gasteiger partial charge in [-0.2, -0.15) is 13.8 Å². The van der Waals surface area contributed by atoms with E-state index in [0.29, 0.717) is 47.8 Å². The lowest BCUT2D eigenvalue weighted by molar-refractivity contribution is -0.0263. The Balaban J connectivity index is 1.47. The first-order chi connectivity index (χ1) is 12.8. The highest BCUT2D eigenvalue weighted by Crippen LogP contribution is 2.54. The zero-order valence-electron chi connectivity index (χ0n) is 15.3. The van der Waals surface area contributed by atoms with E-state index in [-0.39, 0.29) is 24.1 Å². The van der Waals surface area contributed by atoms with Crippen LogP contribution < -0.4 is 9.80 Å². The van der Waals surface area contributed by atoms with Crippen LogP contribution in [-0.4, -0.2) is 50.2 Å². The van der Waals surface area contributed by atoms with Crippen molar-refractivity contribution in [1.82, 2.24) is 9.97 Å². The number of aromatic nitrogens is 2. The molecule has 3 heterocycles. The number of anilines is 2. The molecule has 1 aromatic rings. The Labute approximate surface area is 159 Å². The fourth-order valence-corrected chi connectivity index (χ4v) is 5.86. The molecule has 5 atom stereocenters. The molecule has 1 saturated carbocycles. The lowest BCUT2D eigenvalue weighted by Crippen LogP contribution is -2.47. The van der Waals surface area contributed by atoms with E-state index in [1.165, 1.54) is 0 Å². The van der Waals surface area contributed by atoms with Crippen molar-refractivity contribution >= 4 is 22.8 Å². The molecule has 148 valence electrons. The third kappa shape index (κ3) is 2.85. The van der Waals surface area contributed by atoms with E-state index in [2.05, 4.69) is 16.8 Å². The summed E-state index contributed by atoms with van der Waals surface area (Å²) >= 11 is -1.77. The van der Waals surface area contributed by atoms with Gasteiger partial charge in [0.25, 0.3) is 5.92 Å². The van der Waals surface area contributed by atoms with Crippen LogP contribution >= 0.6 is 0 Å². The number of hydrogen-bond acceptors (Lipinski definition) is 5. The molecular formula is C18H24F2N4O2S. The molecule has 4 aliphatic rings. The van der Waals surface area contributed by atoms with Gasteiger partial charge in [0.2, 0.25) is 5.95 Å². The van der Waals surface area contributed by atoms with Crippen molar-refractivity contribution < 1.29 is 17.5 Å². The molecule has 2 aliphatic carbocycles. The van der Waals surface area contributed by atoms with Crippen molar-refractivity contribution in [2.45, 2.75) is 44.6 Å². The molecule has 3 unspecified atom stereocenters. The van der Waals surface area contributed by atoms with Gasteiger partial charge in [0.15, 0.2) is 11.1 Å². The highest BCUT2D eigenvalue weighted by Gasteiger charge is 2.57. The van der Waals surface area contributed by atoms with Crippen LogP contribution in [0.1, 0.15) is 37.4 Å². The summed E-state index contributed by atoms with van der Waals surface area (Å²) in [5.74, 6) is -0.445. The van der Waals surface area contributed by atoms with Crippen molar-refractivity contribution in [3.05, 3.63) is 11.3 Å². The second-order valence-corrected chi connectivity index (χ2v) is 9.42. The molecule has 0 spiro atoms. The van der Waals surface area contributed by atoms with Gasteiger partial charge < -0.3 is 14.4 Å². The van der Waals surface area contributed by atoms with Crippen LogP contribution in [0.4, 0.5) is 20.5 Å². The normalized spacial score (nSPS) is 34.7. The molecule has 0 aromatic carbocycles. The van der Waals surface area contributed by atoms with Gasteiger partial charge in [-0.3, -0.25) is 0 Å². The molecular weight excluding hydrogens is 374 g/mol. The molecule has 1 aromatic heterocycles. The Hall–Kier alpha value is -1.35. The highest BCUT2D eigenvalue weighted by molar-refractivity contribution is 7.79. The topological polar surface area (TPSA) is 69.6 Å². The van der Waals surface area contributed by atoms with Crippen molar-refractivity contribution in [2.24, 2.45) is 17.8 Å². The Morgan fingerprint density at radius 3 is 2.63 bits per heavy atom. The van der Waals surface area contributed by atoms with E-state index in [0.717, 1.165) is 26.1 Å². The molecule has 2 aliphatic heterocycles. The second kappa shape index (κ2) is 6.07. The fourth-order valence-electron chi connectivity index (χ4n) is 5.04. The van der Waals surface area contributed by atoms with Crippen molar-refractivity contribution in [2.75, 3.05) is 35.2 Å². The molecule has 0 bridgehead atoms. The van der Waals surface area contributed by atoms with Crippen LogP contribution in [0.2, 0.25) is 0 Å². The first-order valence-corrected chi connectivity index (χ1v) is 11.0. The molecule has 3 fully saturated rings. The van der Waals surface area contributed by atoms with Gasteiger partial charge in [0.05, 0.1) is 5.75 Å². The molecule has 0 radical (unpaired) electrons. The molecule has 0 amide bonds. The summed E-state index contributed by atoms with van der Waals surface area (Å²) in [7, 11) is 0. The lowest BCUT2D eigenvalue weighted by Gasteiger charge is -2.40. The highest BCUT2D eigenvalue weighted by atomic mass is 32.2. The summed E-state index contributed by atoms with van der Waals surface area (Å²) in [6, 6.07) is 0.281. The maximum Gasteiger partial charge on any atom is 0.290 e. The molecule has 6 nitrogen and oxygen atoms in total. The van der Waals surface area contributed by atoms with Crippen LogP contribution in [0.5, 0.6) is 0 Å². The first-order valence-electron chi connectivity index (χ1n) is 9.73. The zero-order valence-corrected chi connectivity index (χ0v) is 16.1. The zero-order chi connectivity index (χ0) is 18.9. The Kier molecular flexibility index (Phi) is 3.99. The van der Waals surface area contributed by atoms with E-state index in [4.69, 9.17) is 9.54 Å². The predicted molar refractivity (Wildman–Crippen MR) is 98.6 cm³/mol. The van der Waals surface area contributed by atoms with Gasteiger partial charge in [0.1, 0.15) is 11.5 Å². The van der Waals surface area contributed by atoms with Crippen LogP contribution in [0.3, 0.4) is 0 Å². The maximum atomic E-state index is 14.6.